The summed E-state index contributed by atoms with van der Waals surface area (Å²) in [5.41, 5.74) is 9.43. The summed E-state index contributed by atoms with van der Waals surface area (Å²) in [4.78, 5) is 8.36. The molecule has 0 saturated carbocycles. The number of halogens is 1. The van der Waals surface area contributed by atoms with Crippen LogP contribution in [0.5, 0.6) is 6.01 Å². The molecule has 0 fully saturated rings. The minimum absolute atomic E-state index is 0.247. The molecule has 5 heteroatoms. The monoisotopic (exact) mass is 403 g/mol. The van der Waals surface area contributed by atoms with Crippen LogP contribution in [0.2, 0.25) is 5.15 Å². The second-order valence-electron chi connectivity index (χ2n) is 7.69. The molecule has 1 aromatic heterocycles. The first-order valence-electron chi connectivity index (χ1n) is 9.93. The van der Waals surface area contributed by atoms with Gasteiger partial charge in [0.25, 0.3) is 0 Å². The van der Waals surface area contributed by atoms with Gasteiger partial charge in [-0.25, -0.2) is 0 Å². The number of allylic oxidation sites excluding steroid dienone is 1. The quantitative estimate of drug-likeness (QED) is 0.531. The largest absolute Gasteiger partial charge is 0.467 e. The van der Waals surface area contributed by atoms with Crippen LogP contribution in [0.15, 0.2) is 42.5 Å². The third-order valence-electron chi connectivity index (χ3n) is 5.84. The Kier molecular flexibility index (Phi) is 4.51. The van der Waals surface area contributed by atoms with Crippen LogP contribution in [0.3, 0.4) is 0 Å². The van der Waals surface area contributed by atoms with E-state index in [-0.39, 0.29) is 6.01 Å². The molecule has 1 unspecified atom stereocenters. The zero-order chi connectivity index (χ0) is 20.0. The Morgan fingerprint density at radius 3 is 2.83 bits per heavy atom. The predicted octanol–water partition coefficient (Wildman–Crippen LogP) is 6.17. The van der Waals surface area contributed by atoms with E-state index < -0.39 is 0 Å². The second kappa shape index (κ2) is 7.20. The molecular formula is C24H22ClN3O. The van der Waals surface area contributed by atoms with Crippen molar-refractivity contribution in [1.29, 1.82) is 0 Å². The van der Waals surface area contributed by atoms with Crippen molar-refractivity contribution in [3.05, 3.63) is 69.9 Å². The average molecular weight is 404 g/mol. The highest BCUT2D eigenvalue weighted by atomic mass is 35.5. The van der Waals surface area contributed by atoms with Crippen molar-refractivity contribution in [2.24, 2.45) is 0 Å². The lowest BCUT2D eigenvalue weighted by Gasteiger charge is -2.28. The molecule has 146 valence electrons. The standard InChI is InChI=1S/C24H22ClN3O/c1-14-4-3-5-16-8-10-18-19(23(14)16)11-7-15-6-9-17(12-20(15)18)26-22-13-21(25)27-24(28-22)29-2/h3,5-6,8-10,12-14H,4,7,11H2,1-2H3,(H,26,27,28). The Morgan fingerprint density at radius 2 is 1.97 bits per heavy atom. The number of benzene rings is 2. The number of hydrogen-bond donors (Lipinski definition) is 1. The number of nitrogens with one attached hydrogen (secondary N) is 1. The number of ether oxygens (including phenoxy) is 1. The van der Waals surface area contributed by atoms with Crippen LogP contribution in [0.25, 0.3) is 17.2 Å². The van der Waals surface area contributed by atoms with Gasteiger partial charge in [-0.15, -0.1) is 0 Å². The summed E-state index contributed by atoms with van der Waals surface area (Å²) in [6, 6.07) is 13.0. The molecule has 1 N–H and O–H groups in total. The molecule has 29 heavy (non-hydrogen) atoms. The fraction of sp³-hybridized carbons (Fsp3) is 0.250. The lowest BCUT2D eigenvalue weighted by Crippen LogP contribution is -2.12. The maximum absolute atomic E-state index is 6.08. The second-order valence-corrected chi connectivity index (χ2v) is 8.08. The van der Waals surface area contributed by atoms with Gasteiger partial charge in [-0.2, -0.15) is 9.97 Å². The van der Waals surface area contributed by atoms with Crippen molar-refractivity contribution in [3.8, 4) is 17.1 Å². The number of hydrogen-bond acceptors (Lipinski definition) is 4. The van der Waals surface area contributed by atoms with Gasteiger partial charge in [-0.3, -0.25) is 0 Å². The van der Waals surface area contributed by atoms with Crippen LogP contribution in [-0.4, -0.2) is 17.1 Å². The fourth-order valence-electron chi connectivity index (χ4n) is 4.53. The van der Waals surface area contributed by atoms with E-state index in [0.717, 1.165) is 24.9 Å². The van der Waals surface area contributed by atoms with Gasteiger partial charge in [-0.05, 0) is 70.7 Å². The first-order chi connectivity index (χ1) is 14.1. The van der Waals surface area contributed by atoms with E-state index in [1.54, 1.807) is 6.07 Å². The summed E-state index contributed by atoms with van der Waals surface area (Å²) < 4.78 is 5.12. The minimum atomic E-state index is 0.247. The molecule has 0 aliphatic heterocycles. The Morgan fingerprint density at radius 1 is 1.07 bits per heavy atom. The van der Waals surface area contributed by atoms with Gasteiger partial charge in [0, 0.05) is 11.8 Å². The van der Waals surface area contributed by atoms with Crippen molar-refractivity contribution in [1.82, 2.24) is 9.97 Å². The first-order valence-corrected chi connectivity index (χ1v) is 10.3. The lowest BCUT2D eigenvalue weighted by molar-refractivity contribution is 0.380. The number of rotatable bonds is 3. The molecule has 0 spiro atoms. The van der Waals surface area contributed by atoms with E-state index in [1.165, 1.54) is 40.5 Å². The first kappa shape index (κ1) is 18.2. The van der Waals surface area contributed by atoms with Crippen LogP contribution in [-0.2, 0) is 12.8 Å². The molecule has 2 aliphatic carbocycles. The maximum atomic E-state index is 6.08. The molecule has 2 aliphatic rings. The molecule has 4 nitrogen and oxygen atoms in total. The highest BCUT2D eigenvalue weighted by molar-refractivity contribution is 6.29. The van der Waals surface area contributed by atoms with Crippen molar-refractivity contribution in [3.63, 3.8) is 0 Å². The van der Waals surface area contributed by atoms with Crippen molar-refractivity contribution in [2.75, 3.05) is 12.4 Å². The number of aromatic nitrogens is 2. The molecule has 0 amide bonds. The Bertz CT molecular complexity index is 1140. The summed E-state index contributed by atoms with van der Waals surface area (Å²) in [6.07, 6.45) is 7.86. The summed E-state index contributed by atoms with van der Waals surface area (Å²) in [5.74, 6) is 1.19. The molecule has 5 rings (SSSR count). The van der Waals surface area contributed by atoms with E-state index >= 15 is 0 Å². The number of aryl methyl sites for hydroxylation is 1. The van der Waals surface area contributed by atoms with Gasteiger partial charge in [0.1, 0.15) is 11.0 Å². The van der Waals surface area contributed by atoms with E-state index in [1.807, 2.05) is 0 Å². The lowest BCUT2D eigenvalue weighted by atomic mass is 9.76. The molecule has 1 atom stereocenters. The average Bonchev–Trinajstić information content (AvgIpc) is 2.73. The van der Waals surface area contributed by atoms with Gasteiger partial charge in [0.15, 0.2) is 0 Å². The Balaban J connectivity index is 1.56. The van der Waals surface area contributed by atoms with E-state index in [9.17, 15) is 0 Å². The summed E-state index contributed by atoms with van der Waals surface area (Å²) >= 11 is 6.08. The Hall–Kier alpha value is -2.85. The third kappa shape index (κ3) is 3.28. The topological polar surface area (TPSA) is 47.0 Å². The van der Waals surface area contributed by atoms with Gasteiger partial charge in [-0.1, -0.05) is 48.9 Å². The van der Waals surface area contributed by atoms with Crippen molar-refractivity contribution >= 4 is 29.2 Å². The molecule has 0 bridgehead atoms. The summed E-state index contributed by atoms with van der Waals surface area (Å²) in [5, 5.41) is 3.69. The Labute approximate surface area is 175 Å². The van der Waals surface area contributed by atoms with Crippen LogP contribution in [0.1, 0.15) is 41.5 Å². The van der Waals surface area contributed by atoms with Crippen LogP contribution in [0.4, 0.5) is 11.5 Å². The number of fused-ring (bicyclic) bond motifs is 5. The van der Waals surface area contributed by atoms with E-state index in [0.29, 0.717) is 16.9 Å². The number of methoxy groups -OCH3 is 1. The number of nitrogens with zero attached hydrogens (tertiary/aromatic N) is 2. The van der Waals surface area contributed by atoms with Crippen molar-refractivity contribution in [2.45, 2.75) is 32.1 Å². The van der Waals surface area contributed by atoms with Gasteiger partial charge >= 0.3 is 6.01 Å². The van der Waals surface area contributed by atoms with Crippen LogP contribution < -0.4 is 10.1 Å². The van der Waals surface area contributed by atoms with Gasteiger partial charge in [0.05, 0.1) is 7.11 Å². The van der Waals surface area contributed by atoms with E-state index in [4.69, 9.17) is 16.3 Å². The zero-order valence-corrected chi connectivity index (χ0v) is 17.3. The van der Waals surface area contributed by atoms with Crippen LogP contribution in [0, 0.1) is 0 Å². The normalized spacial score (nSPS) is 16.6. The van der Waals surface area contributed by atoms with E-state index in [2.05, 4.69) is 64.7 Å². The molecular weight excluding hydrogens is 382 g/mol. The molecule has 2 aromatic carbocycles. The third-order valence-corrected chi connectivity index (χ3v) is 6.04. The van der Waals surface area contributed by atoms with Gasteiger partial charge < -0.3 is 10.1 Å². The molecule has 0 saturated heterocycles. The zero-order valence-electron chi connectivity index (χ0n) is 16.5. The summed E-state index contributed by atoms with van der Waals surface area (Å²) in [7, 11) is 1.53. The number of anilines is 2. The van der Waals surface area contributed by atoms with Crippen LogP contribution >= 0.6 is 11.6 Å². The predicted molar refractivity (Wildman–Crippen MR) is 118 cm³/mol. The minimum Gasteiger partial charge on any atom is -0.467 e. The summed E-state index contributed by atoms with van der Waals surface area (Å²) in [6.45, 7) is 2.34. The smallest absolute Gasteiger partial charge is 0.319 e. The SMILES string of the molecule is COc1nc(Cl)cc(Nc2ccc3c(c2)-c2ccc4c(c2CC3)C(C)CC=C4)n1. The maximum Gasteiger partial charge on any atom is 0.319 e. The molecule has 0 radical (unpaired) electrons. The highest BCUT2D eigenvalue weighted by Gasteiger charge is 2.24. The van der Waals surface area contributed by atoms with Crippen molar-refractivity contribution < 1.29 is 4.74 Å². The molecule has 1 heterocycles. The van der Waals surface area contributed by atoms with Gasteiger partial charge in [0.2, 0.25) is 0 Å². The molecule has 3 aromatic rings. The highest BCUT2D eigenvalue weighted by Crippen LogP contribution is 2.42. The fourth-order valence-corrected chi connectivity index (χ4v) is 4.71.